The quantitative estimate of drug-likeness (QED) is 0.362. The van der Waals surface area contributed by atoms with Crippen LogP contribution in [0.15, 0.2) is 11.6 Å². The number of aliphatic carboxylic acids is 1. The zero-order valence-electron chi connectivity index (χ0n) is 7.19. The van der Waals surface area contributed by atoms with E-state index in [0.717, 1.165) is 6.08 Å². The Morgan fingerprint density at radius 1 is 1.54 bits per heavy atom. The molecule has 0 bridgehead atoms. The highest BCUT2D eigenvalue weighted by Gasteiger charge is 2.07. The summed E-state index contributed by atoms with van der Waals surface area (Å²) in [6, 6.07) is 0. The van der Waals surface area contributed by atoms with Gasteiger partial charge < -0.3 is 9.84 Å². The van der Waals surface area contributed by atoms with Crippen LogP contribution < -0.4 is 0 Å². The van der Waals surface area contributed by atoms with Crippen molar-refractivity contribution in [2.45, 2.75) is 12.6 Å². The van der Waals surface area contributed by atoms with Crippen molar-refractivity contribution in [3.05, 3.63) is 11.6 Å². The number of carbonyl (C=O) groups is 2. The maximum Gasteiger partial charge on any atom is 0.333 e. The Morgan fingerprint density at radius 2 is 2.08 bits per heavy atom. The van der Waals surface area contributed by atoms with E-state index in [1.807, 2.05) is 0 Å². The van der Waals surface area contributed by atoms with E-state index in [1.165, 1.54) is 6.92 Å². The average molecular weight is 178 g/mol. The maximum absolute atomic E-state index is 10.9. The lowest BCUT2D eigenvalue weighted by Crippen LogP contribution is -2.12. The zero-order chi connectivity index (χ0) is 10.4. The normalized spacial score (nSPS) is 11.4. The van der Waals surface area contributed by atoms with E-state index in [1.54, 1.807) is 0 Å². The van der Waals surface area contributed by atoms with Gasteiger partial charge in [-0.1, -0.05) is 5.72 Å². The van der Waals surface area contributed by atoms with Crippen molar-refractivity contribution in [2.24, 2.45) is 0 Å². The predicted octanol–water partition coefficient (Wildman–Crippen LogP) is -0.356. The molecule has 0 aliphatic carbocycles. The number of carbonyl (C=O) groups excluding carboxylic acids is 1. The predicted molar refractivity (Wildman–Crippen MR) is 47.6 cm³/mol. The summed E-state index contributed by atoms with van der Waals surface area (Å²) in [5, 5.41) is 8.28. The fraction of sp³-hybridized carbons (Fsp3) is 0.429. The first-order valence-corrected chi connectivity index (χ1v) is 3.53. The smallest absolute Gasteiger partial charge is 0.333 e. The third-order valence-electron chi connectivity index (χ3n) is 1.07. The van der Waals surface area contributed by atoms with E-state index in [0.29, 0.717) is 0 Å². The summed E-state index contributed by atoms with van der Waals surface area (Å²) in [7, 11) is 10.2. The van der Waals surface area contributed by atoms with E-state index in [4.69, 9.17) is 20.8 Å². The molecule has 0 fully saturated rings. The van der Waals surface area contributed by atoms with Gasteiger partial charge in [-0.05, 0) is 6.92 Å². The van der Waals surface area contributed by atoms with Crippen LogP contribution in [-0.2, 0) is 14.3 Å². The highest BCUT2D eigenvalue weighted by molar-refractivity contribution is 6.35. The molecule has 0 amide bonds. The SMILES string of the molecule is [B]C([B])COC(=O)/C(C)=C/C(=O)O. The third-order valence-corrected chi connectivity index (χ3v) is 1.07. The van der Waals surface area contributed by atoms with Crippen LogP contribution in [0.25, 0.3) is 0 Å². The van der Waals surface area contributed by atoms with Crippen molar-refractivity contribution in [3.8, 4) is 0 Å². The van der Waals surface area contributed by atoms with Gasteiger partial charge in [-0.2, -0.15) is 0 Å². The first-order chi connectivity index (χ1) is 5.93. The fourth-order valence-corrected chi connectivity index (χ4v) is 0.530. The van der Waals surface area contributed by atoms with Crippen LogP contribution in [0.3, 0.4) is 0 Å². The molecule has 0 heterocycles. The van der Waals surface area contributed by atoms with Crippen molar-refractivity contribution in [1.82, 2.24) is 0 Å². The highest BCUT2D eigenvalue weighted by atomic mass is 16.5. The minimum atomic E-state index is -1.20. The van der Waals surface area contributed by atoms with Crippen LogP contribution in [-0.4, -0.2) is 39.3 Å². The van der Waals surface area contributed by atoms with Gasteiger partial charge in [0.25, 0.3) is 0 Å². The van der Waals surface area contributed by atoms with Gasteiger partial charge in [-0.3, -0.25) is 0 Å². The molecule has 6 heteroatoms. The largest absolute Gasteiger partial charge is 0.478 e. The lowest BCUT2D eigenvalue weighted by molar-refractivity contribution is -0.139. The summed E-state index contributed by atoms with van der Waals surface area (Å²) in [4.78, 5) is 21.0. The molecule has 13 heavy (non-hydrogen) atoms. The number of hydrogen-bond acceptors (Lipinski definition) is 3. The van der Waals surface area contributed by atoms with Crippen LogP contribution in [0.1, 0.15) is 6.92 Å². The highest BCUT2D eigenvalue weighted by Crippen LogP contribution is 1.99. The second-order valence-corrected chi connectivity index (χ2v) is 2.43. The Balaban J connectivity index is 4.04. The number of esters is 1. The molecule has 0 unspecified atom stereocenters. The Labute approximate surface area is 78.8 Å². The van der Waals surface area contributed by atoms with Crippen molar-refractivity contribution in [2.75, 3.05) is 6.61 Å². The van der Waals surface area contributed by atoms with Crippen LogP contribution in [0.2, 0.25) is 5.72 Å². The standard InChI is InChI=1S/C7H8B2O4/c1-4(2-6(10)11)7(12)13-3-5(8)9/h2,5H,3H2,1H3,(H,10,11)/b4-2+. The fourth-order valence-electron chi connectivity index (χ4n) is 0.530. The first kappa shape index (κ1) is 11.8. The topological polar surface area (TPSA) is 63.6 Å². The number of hydrogen-bond donors (Lipinski definition) is 1. The zero-order valence-corrected chi connectivity index (χ0v) is 7.19. The van der Waals surface area contributed by atoms with Gasteiger partial charge in [0.1, 0.15) is 0 Å². The molecule has 4 nitrogen and oxygen atoms in total. The summed E-state index contributed by atoms with van der Waals surface area (Å²) in [5.41, 5.74) is -0.755. The Morgan fingerprint density at radius 3 is 2.46 bits per heavy atom. The van der Waals surface area contributed by atoms with E-state index < -0.39 is 17.7 Å². The van der Waals surface area contributed by atoms with Crippen LogP contribution in [0, 0.1) is 0 Å². The number of carboxylic acid groups (broad SMARTS) is 1. The average Bonchev–Trinajstić information content (AvgIpc) is 1.98. The van der Waals surface area contributed by atoms with Gasteiger partial charge in [0, 0.05) is 11.6 Å². The first-order valence-electron chi connectivity index (χ1n) is 3.53. The van der Waals surface area contributed by atoms with Gasteiger partial charge >= 0.3 is 11.9 Å². The van der Waals surface area contributed by atoms with Gasteiger partial charge in [-0.25, -0.2) is 9.59 Å². The van der Waals surface area contributed by atoms with Crippen LogP contribution >= 0.6 is 0 Å². The Kier molecular flexibility index (Phi) is 4.96. The summed E-state index contributed by atoms with van der Waals surface area (Å²) >= 11 is 0. The Bertz CT molecular complexity index is 235. The summed E-state index contributed by atoms with van der Waals surface area (Å²) in [6.45, 7) is 1.20. The number of rotatable bonds is 4. The monoisotopic (exact) mass is 178 g/mol. The molecule has 0 aromatic carbocycles. The molecule has 0 aromatic rings. The van der Waals surface area contributed by atoms with E-state index in [2.05, 4.69) is 4.74 Å². The van der Waals surface area contributed by atoms with Crippen molar-refractivity contribution >= 4 is 27.6 Å². The molecule has 0 spiro atoms. The molecule has 0 aromatic heterocycles. The second-order valence-electron chi connectivity index (χ2n) is 2.43. The van der Waals surface area contributed by atoms with Crippen LogP contribution in [0.4, 0.5) is 0 Å². The van der Waals surface area contributed by atoms with Gasteiger partial charge in [-0.15, -0.1) is 0 Å². The molecule has 0 saturated heterocycles. The second kappa shape index (κ2) is 5.45. The van der Waals surface area contributed by atoms with Gasteiger partial charge in [0.05, 0.1) is 22.3 Å². The maximum atomic E-state index is 10.9. The van der Waals surface area contributed by atoms with Crippen molar-refractivity contribution in [3.63, 3.8) is 0 Å². The van der Waals surface area contributed by atoms with E-state index >= 15 is 0 Å². The van der Waals surface area contributed by atoms with Crippen molar-refractivity contribution < 1.29 is 19.4 Å². The summed E-state index contributed by atoms with van der Waals surface area (Å²) in [6.07, 6.45) is 0.754. The molecule has 1 N–H and O–H groups in total. The lowest BCUT2D eigenvalue weighted by atomic mass is 9.72. The third kappa shape index (κ3) is 6.02. The van der Waals surface area contributed by atoms with E-state index in [9.17, 15) is 9.59 Å². The Hall–Kier alpha value is -1.19. The molecular formula is C7H8B2O4. The van der Waals surface area contributed by atoms with Crippen molar-refractivity contribution in [1.29, 1.82) is 0 Å². The molecule has 0 aliphatic heterocycles. The van der Waals surface area contributed by atoms with E-state index in [-0.39, 0.29) is 12.2 Å². The molecular weight excluding hydrogens is 170 g/mol. The summed E-state index contributed by atoms with van der Waals surface area (Å²) < 4.78 is 4.55. The number of carboxylic acids is 1. The minimum Gasteiger partial charge on any atom is -0.478 e. The lowest BCUT2D eigenvalue weighted by Gasteiger charge is -2.06. The molecule has 66 valence electrons. The van der Waals surface area contributed by atoms with Gasteiger partial charge in [0.2, 0.25) is 0 Å². The van der Waals surface area contributed by atoms with Gasteiger partial charge in [0.15, 0.2) is 0 Å². The molecule has 0 atom stereocenters. The number of ether oxygens (including phenoxy) is 1. The summed E-state index contributed by atoms with van der Waals surface area (Å²) in [5.74, 6) is -1.94. The molecule has 0 rings (SSSR count). The molecule has 0 aliphatic rings. The molecule has 4 radical (unpaired) electrons. The molecule has 0 saturated carbocycles. The minimum absolute atomic E-state index is 0.00634. The van der Waals surface area contributed by atoms with Crippen LogP contribution in [0.5, 0.6) is 0 Å².